The number of thiazole rings is 1. The average Bonchev–Trinajstić information content (AvgIpc) is 3.15. The first kappa shape index (κ1) is 22.1. The molecule has 0 saturated heterocycles. The van der Waals surface area contributed by atoms with Gasteiger partial charge in [0.2, 0.25) is 0 Å². The fourth-order valence-electron chi connectivity index (χ4n) is 3.62. The molecule has 11 nitrogen and oxygen atoms in total. The van der Waals surface area contributed by atoms with Gasteiger partial charge < -0.3 is 5.73 Å². The molecule has 166 valence electrons. The van der Waals surface area contributed by atoms with Crippen molar-refractivity contribution in [3.05, 3.63) is 105 Å². The summed E-state index contributed by atoms with van der Waals surface area (Å²) in [7, 11) is 0. The van der Waals surface area contributed by atoms with E-state index in [0.29, 0.717) is 11.1 Å². The van der Waals surface area contributed by atoms with Crippen LogP contribution in [0.25, 0.3) is 17.5 Å². The molecule has 34 heavy (non-hydrogen) atoms. The summed E-state index contributed by atoms with van der Waals surface area (Å²) in [5.74, 6) is -1.04. The van der Waals surface area contributed by atoms with Crippen LogP contribution >= 0.6 is 11.3 Å². The predicted octanol–water partition coefficient (Wildman–Crippen LogP) is 1.68. The molecule has 0 fully saturated rings. The summed E-state index contributed by atoms with van der Waals surface area (Å²) >= 11 is 0.992. The summed E-state index contributed by atoms with van der Waals surface area (Å²) in [6.07, 6.45) is 1.51. The van der Waals surface area contributed by atoms with Gasteiger partial charge >= 0.3 is 0 Å². The maximum absolute atomic E-state index is 13.1. The number of nitrogens with two attached hydrogens (primary N) is 1. The fraction of sp³-hybridized carbons (Fsp3) is 0.0455. The zero-order chi connectivity index (χ0) is 24.6. The molecule has 0 amide bonds. The number of allylic oxidation sites excluding steroid dienone is 1. The Hall–Kier alpha value is -5.07. The minimum Gasteiger partial charge on any atom is -0.384 e. The molecule has 2 N–H and O–H groups in total. The number of nitrogens with zero attached hydrogens (tertiary/aromatic N) is 5. The number of nitro groups is 2. The average molecular weight is 472 g/mol. The fourth-order valence-corrected chi connectivity index (χ4v) is 4.75. The molecule has 0 saturated carbocycles. The smallest absolute Gasteiger partial charge is 0.274 e. The summed E-state index contributed by atoms with van der Waals surface area (Å²) in [4.78, 5) is 33.8. The van der Waals surface area contributed by atoms with Crippen molar-refractivity contribution in [3.63, 3.8) is 0 Å². The first-order valence-corrected chi connectivity index (χ1v) is 10.3. The van der Waals surface area contributed by atoms with Crippen molar-refractivity contribution in [3.8, 4) is 12.1 Å². The second-order valence-corrected chi connectivity index (χ2v) is 8.15. The van der Waals surface area contributed by atoms with Crippen LogP contribution in [0.4, 0.5) is 11.4 Å². The number of fused-ring (bicyclic) bond motifs is 1. The number of hydrogen-bond donors (Lipinski definition) is 1. The lowest BCUT2D eigenvalue weighted by Crippen LogP contribution is -2.38. The van der Waals surface area contributed by atoms with Crippen LogP contribution in [0, 0.1) is 42.9 Å². The van der Waals surface area contributed by atoms with Gasteiger partial charge in [-0.05, 0) is 29.3 Å². The lowest BCUT2D eigenvalue weighted by Gasteiger charge is -2.22. The lowest BCUT2D eigenvalue weighted by molar-refractivity contribution is -0.385. The Morgan fingerprint density at radius 2 is 1.47 bits per heavy atom. The summed E-state index contributed by atoms with van der Waals surface area (Å²) in [5, 5.41) is 41.6. The molecule has 12 heteroatoms. The molecule has 1 aliphatic rings. The van der Waals surface area contributed by atoms with E-state index in [1.54, 1.807) is 0 Å². The molecular formula is C22H12N6O5S. The highest BCUT2D eigenvalue weighted by Crippen LogP contribution is 2.36. The summed E-state index contributed by atoms with van der Waals surface area (Å²) in [6.45, 7) is 0. The molecule has 1 unspecified atom stereocenters. The second kappa shape index (κ2) is 8.46. The molecule has 0 aliphatic carbocycles. The zero-order valence-electron chi connectivity index (χ0n) is 17.0. The third-order valence-electron chi connectivity index (χ3n) is 5.23. The topological polar surface area (TPSA) is 182 Å². The van der Waals surface area contributed by atoms with E-state index < -0.39 is 21.3 Å². The molecule has 0 spiro atoms. The molecule has 1 atom stereocenters. The monoisotopic (exact) mass is 472 g/mol. The van der Waals surface area contributed by atoms with Crippen LogP contribution in [0.3, 0.4) is 0 Å². The minimum absolute atomic E-state index is 0.0281. The van der Waals surface area contributed by atoms with Crippen LogP contribution in [-0.2, 0) is 0 Å². The largest absolute Gasteiger partial charge is 0.384 e. The Labute approximate surface area is 194 Å². The van der Waals surface area contributed by atoms with Crippen molar-refractivity contribution < 1.29 is 9.85 Å². The van der Waals surface area contributed by atoms with E-state index in [2.05, 4.69) is 6.07 Å². The number of nitro benzene ring substituents is 2. The standard InChI is InChI=1S/C22H12N6O5S/c23-10-16-19(13-3-7-15(8-4-13)28(32)33)17(11-24)22-26(20(16)25)21(29)18(34-22)9-12-1-5-14(6-2-12)27(30)31/h1-9,19H,25H2/b18-9-. The van der Waals surface area contributed by atoms with Gasteiger partial charge in [0.25, 0.3) is 16.9 Å². The van der Waals surface area contributed by atoms with Gasteiger partial charge in [0.1, 0.15) is 10.5 Å². The van der Waals surface area contributed by atoms with Crippen LogP contribution in [0.15, 0.2) is 58.9 Å². The predicted molar refractivity (Wildman–Crippen MR) is 122 cm³/mol. The zero-order valence-corrected chi connectivity index (χ0v) is 17.9. The molecular weight excluding hydrogens is 460 g/mol. The van der Waals surface area contributed by atoms with Gasteiger partial charge in [0, 0.05) is 24.3 Å². The highest BCUT2D eigenvalue weighted by atomic mass is 32.1. The van der Waals surface area contributed by atoms with Crippen molar-refractivity contribution in [1.29, 1.82) is 10.5 Å². The van der Waals surface area contributed by atoms with E-state index in [-0.39, 0.29) is 37.5 Å². The first-order chi connectivity index (χ1) is 16.3. The van der Waals surface area contributed by atoms with E-state index in [1.165, 1.54) is 54.6 Å². The Balaban J connectivity index is 1.95. The highest BCUT2D eigenvalue weighted by molar-refractivity contribution is 7.07. The molecule has 1 aliphatic heterocycles. The van der Waals surface area contributed by atoms with Crippen molar-refractivity contribution in [1.82, 2.24) is 4.57 Å². The quantitative estimate of drug-likeness (QED) is 0.439. The molecule has 0 radical (unpaired) electrons. The number of aromatic nitrogens is 1. The molecule has 2 heterocycles. The summed E-state index contributed by atoms with van der Waals surface area (Å²) in [5.41, 5.74) is 6.43. The Morgan fingerprint density at radius 1 is 0.941 bits per heavy atom. The van der Waals surface area contributed by atoms with Gasteiger partial charge in [0.15, 0.2) is 0 Å². The van der Waals surface area contributed by atoms with Crippen LogP contribution in [0.1, 0.15) is 17.0 Å². The number of nitriles is 2. The normalized spacial score (nSPS) is 15.4. The van der Waals surface area contributed by atoms with E-state index in [4.69, 9.17) is 5.73 Å². The molecule has 3 aromatic rings. The van der Waals surface area contributed by atoms with Gasteiger partial charge in [0.05, 0.1) is 43.6 Å². The molecule has 0 bridgehead atoms. The lowest BCUT2D eigenvalue weighted by atomic mass is 9.84. The number of rotatable bonds is 4. The van der Waals surface area contributed by atoms with E-state index in [9.17, 15) is 35.5 Å². The third-order valence-corrected chi connectivity index (χ3v) is 6.34. The maximum atomic E-state index is 13.1. The SMILES string of the molecule is N#CC1=C(N)n2c(s/c(=C\c3ccc([N+](=O)[O-])cc3)c2=O)=C(C#N)C1c1ccc([N+](=O)[O-])cc1. The summed E-state index contributed by atoms with van der Waals surface area (Å²) < 4.78 is 1.54. The van der Waals surface area contributed by atoms with Crippen molar-refractivity contribution in [2.45, 2.75) is 5.92 Å². The Morgan fingerprint density at radius 3 is 1.97 bits per heavy atom. The van der Waals surface area contributed by atoms with E-state index >= 15 is 0 Å². The van der Waals surface area contributed by atoms with Crippen LogP contribution < -0.4 is 20.5 Å². The number of non-ortho nitro benzene ring substituents is 2. The third kappa shape index (κ3) is 3.60. The van der Waals surface area contributed by atoms with E-state index in [0.717, 1.165) is 15.9 Å². The Kier molecular flexibility index (Phi) is 5.51. The maximum Gasteiger partial charge on any atom is 0.274 e. The molecule has 4 rings (SSSR count). The van der Waals surface area contributed by atoms with Crippen molar-refractivity contribution >= 4 is 40.2 Å². The van der Waals surface area contributed by atoms with Gasteiger partial charge in [-0.3, -0.25) is 29.6 Å². The second-order valence-electron chi connectivity index (χ2n) is 7.12. The van der Waals surface area contributed by atoms with E-state index in [1.807, 2.05) is 6.07 Å². The number of benzene rings is 2. The van der Waals surface area contributed by atoms with Crippen LogP contribution in [0.2, 0.25) is 0 Å². The van der Waals surface area contributed by atoms with Gasteiger partial charge in [-0.15, -0.1) is 11.3 Å². The van der Waals surface area contributed by atoms with Gasteiger partial charge in [-0.2, -0.15) is 10.5 Å². The number of hydrogen-bond acceptors (Lipinski definition) is 9. The molecule has 1 aromatic heterocycles. The van der Waals surface area contributed by atoms with Crippen molar-refractivity contribution in [2.75, 3.05) is 0 Å². The van der Waals surface area contributed by atoms with Crippen LogP contribution in [0.5, 0.6) is 0 Å². The van der Waals surface area contributed by atoms with Crippen LogP contribution in [-0.4, -0.2) is 14.4 Å². The van der Waals surface area contributed by atoms with Gasteiger partial charge in [-0.25, -0.2) is 0 Å². The van der Waals surface area contributed by atoms with Crippen molar-refractivity contribution in [2.24, 2.45) is 5.73 Å². The highest BCUT2D eigenvalue weighted by Gasteiger charge is 2.32. The first-order valence-electron chi connectivity index (χ1n) is 9.53. The summed E-state index contributed by atoms with van der Waals surface area (Å²) in [6, 6.07) is 15.0. The minimum atomic E-state index is -0.902. The molecule has 2 aromatic carbocycles. The Bertz CT molecular complexity index is 1650. The van der Waals surface area contributed by atoms with Gasteiger partial charge in [-0.1, -0.05) is 12.1 Å².